The molecule has 3 heterocycles. The Hall–Kier alpha value is -2.50. The van der Waals surface area contributed by atoms with Gasteiger partial charge in [-0.25, -0.2) is 9.97 Å². The van der Waals surface area contributed by atoms with Gasteiger partial charge in [-0.05, 0) is 31.4 Å². The smallest absolute Gasteiger partial charge is 0.310 e. The van der Waals surface area contributed by atoms with Gasteiger partial charge in [0.15, 0.2) is 5.82 Å². The predicted octanol–water partition coefficient (Wildman–Crippen LogP) is 2.49. The number of rotatable bonds is 4. The Morgan fingerprint density at radius 3 is 2.83 bits per heavy atom. The molecule has 0 N–H and O–H groups in total. The van der Waals surface area contributed by atoms with E-state index in [0.29, 0.717) is 12.4 Å². The molecule has 0 bridgehead atoms. The third-order valence-corrected chi connectivity index (χ3v) is 4.35. The number of esters is 1. The fraction of sp³-hybridized carbons (Fsp3) is 0.444. The lowest BCUT2D eigenvalue weighted by atomic mass is 9.98. The molecule has 1 fully saturated rings. The van der Waals surface area contributed by atoms with E-state index in [0.717, 1.165) is 42.9 Å². The van der Waals surface area contributed by atoms with E-state index in [1.807, 2.05) is 18.2 Å². The van der Waals surface area contributed by atoms with Crippen LogP contribution in [0.5, 0.6) is 0 Å². The summed E-state index contributed by atoms with van der Waals surface area (Å²) in [5, 5.41) is 0. The summed E-state index contributed by atoms with van der Waals surface area (Å²) in [4.78, 5) is 27.4. The van der Waals surface area contributed by atoms with Gasteiger partial charge in [0.05, 0.1) is 13.0 Å². The summed E-state index contributed by atoms with van der Waals surface area (Å²) < 4.78 is 4.91. The highest BCUT2D eigenvalue weighted by molar-refractivity contribution is 5.73. The summed E-state index contributed by atoms with van der Waals surface area (Å²) in [5.41, 5.74) is 1.94. The lowest BCUT2D eigenvalue weighted by Crippen LogP contribution is -2.39. The SMILES string of the molecule is CCc1cc(N2CCC[C@@H](C(=O)OC)C2)nc(-c2ccncc2)n1. The second-order valence-corrected chi connectivity index (χ2v) is 5.94. The molecule has 1 aliphatic rings. The Morgan fingerprint density at radius 2 is 2.12 bits per heavy atom. The summed E-state index contributed by atoms with van der Waals surface area (Å²) in [6.07, 6.45) is 6.14. The number of pyridine rings is 1. The van der Waals surface area contributed by atoms with Crippen LogP contribution in [-0.2, 0) is 16.0 Å². The van der Waals surface area contributed by atoms with Gasteiger partial charge in [-0.15, -0.1) is 0 Å². The third-order valence-electron chi connectivity index (χ3n) is 4.35. The highest BCUT2D eigenvalue weighted by atomic mass is 16.5. The molecule has 1 atom stereocenters. The number of carbonyl (C=O) groups is 1. The molecular formula is C18H22N4O2. The number of piperidine rings is 1. The minimum absolute atomic E-state index is 0.0897. The van der Waals surface area contributed by atoms with Crippen LogP contribution in [0.2, 0.25) is 0 Å². The Balaban J connectivity index is 1.91. The van der Waals surface area contributed by atoms with Gasteiger partial charge in [0.1, 0.15) is 5.82 Å². The van der Waals surface area contributed by atoms with Crippen LogP contribution in [0.25, 0.3) is 11.4 Å². The van der Waals surface area contributed by atoms with Crippen molar-refractivity contribution >= 4 is 11.8 Å². The molecule has 1 saturated heterocycles. The first-order chi connectivity index (χ1) is 11.7. The van der Waals surface area contributed by atoms with E-state index >= 15 is 0 Å². The van der Waals surface area contributed by atoms with E-state index in [2.05, 4.69) is 21.8 Å². The molecule has 24 heavy (non-hydrogen) atoms. The largest absolute Gasteiger partial charge is 0.469 e. The van der Waals surface area contributed by atoms with Crippen molar-refractivity contribution in [2.24, 2.45) is 5.92 Å². The summed E-state index contributed by atoms with van der Waals surface area (Å²) in [7, 11) is 1.45. The number of aryl methyl sites for hydroxylation is 1. The van der Waals surface area contributed by atoms with Crippen LogP contribution in [0.1, 0.15) is 25.5 Å². The number of methoxy groups -OCH3 is 1. The number of hydrogen-bond donors (Lipinski definition) is 0. The van der Waals surface area contributed by atoms with E-state index in [1.165, 1.54) is 7.11 Å². The molecule has 2 aromatic rings. The molecule has 126 valence electrons. The summed E-state index contributed by atoms with van der Waals surface area (Å²) in [6.45, 7) is 3.61. The topological polar surface area (TPSA) is 68.2 Å². The van der Waals surface area contributed by atoms with Crippen LogP contribution in [-0.4, -0.2) is 41.1 Å². The maximum Gasteiger partial charge on any atom is 0.310 e. The van der Waals surface area contributed by atoms with Crippen molar-refractivity contribution in [1.29, 1.82) is 0 Å². The maximum atomic E-state index is 11.9. The summed E-state index contributed by atoms with van der Waals surface area (Å²) >= 11 is 0. The van der Waals surface area contributed by atoms with Crippen molar-refractivity contribution in [1.82, 2.24) is 15.0 Å². The highest BCUT2D eigenvalue weighted by Crippen LogP contribution is 2.25. The second-order valence-electron chi connectivity index (χ2n) is 5.94. The number of nitrogens with zero attached hydrogens (tertiary/aromatic N) is 4. The lowest BCUT2D eigenvalue weighted by Gasteiger charge is -2.32. The monoisotopic (exact) mass is 326 g/mol. The van der Waals surface area contributed by atoms with Gasteiger partial charge in [-0.2, -0.15) is 0 Å². The van der Waals surface area contributed by atoms with E-state index in [4.69, 9.17) is 9.72 Å². The fourth-order valence-corrected chi connectivity index (χ4v) is 3.00. The maximum absolute atomic E-state index is 11.9. The van der Waals surface area contributed by atoms with E-state index in [9.17, 15) is 4.79 Å². The number of ether oxygens (including phenoxy) is 1. The first-order valence-electron chi connectivity index (χ1n) is 8.32. The van der Waals surface area contributed by atoms with Gasteiger partial charge in [-0.3, -0.25) is 9.78 Å². The zero-order valence-corrected chi connectivity index (χ0v) is 14.1. The van der Waals surface area contributed by atoms with Crippen molar-refractivity contribution in [2.75, 3.05) is 25.1 Å². The number of aromatic nitrogens is 3. The van der Waals surface area contributed by atoms with Crippen molar-refractivity contribution < 1.29 is 9.53 Å². The Morgan fingerprint density at radius 1 is 1.33 bits per heavy atom. The average Bonchev–Trinajstić information content (AvgIpc) is 2.67. The molecular weight excluding hydrogens is 304 g/mol. The molecule has 0 aliphatic carbocycles. The minimum atomic E-state index is -0.140. The molecule has 3 rings (SSSR count). The van der Waals surface area contributed by atoms with Crippen LogP contribution in [0.15, 0.2) is 30.6 Å². The van der Waals surface area contributed by atoms with Gasteiger partial charge in [0.25, 0.3) is 0 Å². The van der Waals surface area contributed by atoms with Crippen LogP contribution in [0, 0.1) is 5.92 Å². The van der Waals surface area contributed by atoms with Gasteiger partial charge in [0.2, 0.25) is 0 Å². The van der Waals surface area contributed by atoms with Crippen molar-refractivity contribution in [3.8, 4) is 11.4 Å². The minimum Gasteiger partial charge on any atom is -0.469 e. The molecule has 0 amide bonds. The molecule has 0 spiro atoms. The van der Waals surface area contributed by atoms with E-state index in [-0.39, 0.29) is 11.9 Å². The molecule has 6 nitrogen and oxygen atoms in total. The van der Waals surface area contributed by atoms with Crippen molar-refractivity contribution in [2.45, 2.75) is 26.2 Å². The summed E-state index contributed by atoms with van der Waals surface area (Å²) in [6, 6.07) is 5.84. The first-order valence-corrected chi connectivity index (χ1v) is 8.32. The molecule has 1 aliphatic heterocycles. The number of anilines is 1. The van der Waals surface area contributed by atoms with Crippen LogP contribution in [0.4, 0.5) is 5.82 Å². The van der Waals surface area contributed by atoms with E-state index < -0.39 is 0 Å². The molecule has 0 unspecified atom stereocenters. The quantitative estimate of drug-likeness (QED) is 0.804. The van der Waals surface area contributed by atoms with Crippen molar-refractivity contribution in [3.05, 3.63) is 36.3 Å². The normalized spacial score (nSPS) is 17.6. The summed E-state index contributed by atoms with van der Waals surface area (Å²) in [5.74, 6) is 1.35. The van der Waals surface area contributed by atoms with Gasteiger partial charge < -0.3 is 9.64 Å². The molecule has 0 saturated carbocycles. The van der Waals surface area contributed by atoms with E-state index in [1.54, 1.807) is 12.4 Å². The Bertz CT molecular complexity index is 705. The fourth-order valence-electron chi connectivity index (χ4n) is 3.00. The molecule has 0 aromatic carbocycles. The van der Waals surface area contributed by atoms with Gasteiger partial charge in [0, 0.05) is 42.8 Å². The third kappa shape index (κ3) is 3.53. The van der Waals surface area contributed by atoms with Crippen LogP contribution in [0.3, 0.4) is 0 Å². The number of hydrogen-bond acceptors (Lipinski definition) is 6. The van der Waals surface area contributed by atoms with Crippen molar-refractivity contribution in [3.63, 3.8) is 0 Å². The Kier molecular flexibility index (Phi) is 5.03. The Labute approximate surface area is 141 Å². The standard InChI is InChI=1S/C18H22N4O2/c1-3-15-11-16(21-17(20-15)13-6-8-19-9-7-13)22-10-4-5-14(12-22)18(23)24-2/h6-9,11,14H,3-5,10,12H2,1-2H3/t14-/m1/s1. The number of carbonyl (C=O) groups excluding carboxylic acids is 1. The lowest BCUT2D eigenvalue weighted by molar-refractivity contribution is -0.145. The van der Waals surface area contributed by atoms with Gasteiger partial charge in [-0.1, -0.05) is 6.92 Å². The molecule has 6 heteroatoms. The zero-order valence-electron chi connectivity index (χ0n) is 14.1. The first kappa shape index (κ1) is 16.4. The molecule has 2 aromatic heterocycles. The van der Waals surface area contributed by atoms with Crippen LogP contribution < -0.4 is 4.90 Å². The highest BCUT2D eigenvalue weighted by Gasteiger charge is 2.27. The predicted molar refractivity (Wildman–Crippen MR) is 91.6 cm³/mol. The average molecular weight is 326 g/mol. The van der Waals surface area contributed by atoms with Gasteiger partial charge >= 0.3 is 5.97 Å². The molecule has 0 radical (unpaired) electrons. The van der Waals surface area contributed by atoms with Crippen LogP contribution >= 0.6 is 0 Å². The zero-order chi connectivity index (χ0) is 16.9. The second kappa shape index (κ2) is 7.38.